The van der Waals surface area contributed by atoms with Crippen molar-refractivity contribution in [1.82, 2.24) is 0 Å². The van der Waals surface area contributed by atoms with E-state index in [4.69, 9.17) is 4.74 Å². The number of alkyl halides is 1. The van der Waals surface area contributed by atoms with Crippen LogP contribution in [-0.4, -0.2) is 25.4 Å². The molecule has 0 saturated heterocycles. The number of benzene rings is 1. The third-order valence-electron chi connectivity index (χ3n) is 2.13. The highest BCUT2D eigenvalue weighted by Gasteiger charge is 2.19. The van der Waals surface area contributed by atoms with Gasteiger partial charge in [0, 0.05) is 10.9 Å². The Bertz CT molecular complexity index is 454. The Morgan fingerprint density at radius 1 is 1.42 bits per heavy atom. The number of halogens is 4. The number of carbonyl (C=O) groups excluding carboxylic acids is 1. The second kappa shape index (κ2) is 7.37. The molecule has 1 rings (SSSR count). The highest BCUT2D eigenvalue weighted by Crippen LogP contribution is 2.25. The van der Waals surface area contributed by atoms with Crippen LogP contribution in [0.3, 0.4) is 0 Å². The summed E-state index contributed by atoms with van der Waals surface area (Å²) in [6.45, 7) is 1.36. The quantitative estimate of drug-likeness (QED) is 0.588. The minimum atomic E-state index is -1.85. The molecular formula is C12H12BrF3O3. The molecule has 0 aliphatic rings. The van der Waals surface area contributed by atoms with Gasteiger partial charge in [-0.2, -0.15) is 4.39 Å². The number of ether oxygens (including phenoxy) is 2. The molecule has 0 saturated carbocycles. The molecule has 0 aromatic heterocycles. The molecule has 0 spiro atoms. The van der Waals surface area contributed by atoms with Crippen molar-refractivity contribution < 1.29 is 27.4 Å². The van der Waals surface area contributed by atoms with Gasteiger partial charge in [-0.3, -0.25) is 0 Å². The third-order valence-corrected chi connectivity index (χ3v) is 2.59. The lowest BCUT2D eigenvalue weighted by Gasteiger charge is -2.10. The number of hydrogen-bond acceptors (Lipinski definition) is 3. The van der Waals surface area contributed by atoms with Crippen LogP contribution in [0.1, 0.15) is 13.3 Å². The van der Waals surface area contributed by atoms with Crippen molar-refractivity contribution in [2.75, 3.05) is 13.2 Å². The first-order chi connectivity index (χ1) is 8.95. The summed E-state index contributed by atoms with van der Waals surface area (Å²) >= 11 is 2.98. The second-order valence-corrected chi connectivity index (χ2v) is 4.47. The van der Waals surface area contributed by atoms with Gasteiger partial charge >= 0.3 is 5.97 Å². The predicted molar refractivity (Wildman–Crippen MR) is 65.7 cm³/mol. The van der Waals surface area contributed by atoms with Gasteiger partial charge in [0.2, 0.25) is 12.0 Å². The van der Waals surface area contributed by atoms with Gasteiger partial charge in [0.05, 0.1) is 13.2 Å². The first-order valence-corrected chi connectivity index (χ1v) is 6.33. The van der Waals surface area contributed by atoms with E-state index >= 15 is 0 Å². The summed E-state index contributed by atoms with van der Waals surface area (Å²) < 4.78 is 49.2. The van der Waals surface area contributed by atoms with E-state index in [1.165, 1.54) is 6.07 Å². The van der Waals surface area contributed by atoms with Gasteiger partial charge in [-0.05, 0) is 19.1 Å². The van der Waals surface area contributed by atoms with Crippen LogP contribution < -0.4 is 4.74 Å². The zero-order valence-electron chi connectivity index (χ0n) is 10.1. The summed E-state index contributed by atoms with van der Waals surface area (Å²) in [5, 5.41) is 0. The van der Waals surface area contributed by atoms with E-state index < -0.39 is 23.8 Å². The Labute approximate surface area is 116 Å². The van der Waals surface area contributed by atoms with Crippen molar-refractivity contribution in [3.63, 3.8) is 0 Å². The molecule has 7 heteroatoms. The Morgan fingerprint density at radius 2 is 2.11 bits per heavy atom. The van der Waals surface area contributed by atoms with Crippen LogP contribution in [-0.2, 0) is 9.53 Å². The van der Waals surface area contributed by atoms with E-state index in [1.807, 2.05) is 0 Å². The largest absolute Gasteiger partial charge is 0.490 e. The first kappa shape index (κ1) is 15.8. The summed E-state index contributed by atoms with van der Waals surface area (Å²) in [6, 6.07) is 2.16. The van der Waals surface area contributed by atoms with Crippen molar-refractivity contribution in [1.29, 1.82) is 0 Å². The highest BCUT2D eigenvalue weighted by atomic mass is 79.9. The minimum Gasteiger partial charge on any atom is -0.490 e. The third kappa shape index (κ3) is 4.74. The first-order valence-electron chi connectivity index (χ1n) is 5.53. The molecule has 3 nitrogen and oxygen atoms in total. The molecule has 0 amide bonds. The standard InChI is InChI=1S/C12H12BrF3O3/c1-2-18-12(17)8(14)3-4-19-10-6-7(13)5-9(15)11(10)16/h5-6,8H,2-4H2,1H3. The molecule has 0 bridgehead atoms. The Hall–Kier alpha value is -1.24. The lowest BCUT2D eigenvalue weighted by Crippen LogP contribution is -2.21. The fourth-order valence-electron chi connectivity index (χ4n) is 1.26. The molecular weight excluding hydrogens is 329 g/mol. The molecule has 0 radical (unpaired) electrons. The van der Waals surface area contributed by atoms with Crippen molar-refractivity contribution in [2.45, 2.75) is 19.5 Å². The molecule has 106 valence electrons. The summed E-state index contributed by atoms with van der Waals surface area (Å²) in [5.41, 5.74) is 0. The molecule has 1 aromatic carbocycles. The number of esters is 1. The summed E-state index contributed by atoms with van der Waals surface area (Å²) in [7, 11) is 0. The highest BCUT2D eigenvalue weighted by molar-refractivity contribution is 9.10. The summed E-state index contributed by atoms with van der Waals surface area (Å²) in [4.78, 5) is 11.0. The van der Waals surface area contributed by atoms with Crippen molar-refractivity contribution >= 4 is 21.9 Å². The monoisotopic (exact) mass is 340 g/mol. The van der Waals surface area contributed by atoms with Gasteiger partial charge in [-0.25, -0.2) is 13.6 Å². The van der Waals surface area contributed by atoms with Crippen molar-refractivity contribution in [2.24, 2.45) is 0 Å². The van der Waals surface area contributed by atoms with Gasteiger partial charge in [-0.1, -0.05) is 15.9 Å². The van der Waals surface area contributed by atoms with Gasteiger partial charge < -0.3 is 9.47 Å². The number of hydrogen-bond donors (Lipinski definition) is 0. The van der Waals surface area contributed by atoms with Crippen LogP contribution in [0, 0.1) is 11.6 Å². The van der Waals surface area contributed by atoms with E-state index in [0.717, 1.165) is 6.07 Å². The molecule has 0 N–H and O–H groups in total. The smallest absolute Gasteiger partial charge is 0.340 e. The second-order valence-electron chi connectivity index (χ2n) is 3.56. The molecule has 0 heterocycles. The van der Waals surface area contributed by atoms with Gasteiger partial charge in [0.1, 0.15) is 0 Å². The Morgan fingerprint density at radius 3 is 2.74 bits per heavy atom. The predicted octanol–water partition coefficient (Wildman–Crippen LogP) is 3.40. The van der Waals surface area contributed by atoms with Crippen molar-refractivity contribution in [3.05, 3.63) is 28.2 Å². The van der Waals surface area contributed by atoms with Gasteiger partial charge in [-0.15, -0.1) is 0 Å². The number of carbonyl (C=O) groups is 1. The lowest BCUT2D eigenvalue weighted by atomic mass is 10.3. The molecule has 1 atom stereocenters. The number of rotatable bonds is 6. The maximum Gasteiger partial charge on any atom is 0.340 e. The Balaban J connectivity index is 2.52. The maximum absolute atomic E-state index is 13.3. The summed E-state index contributed by atoms with van der Waals surface area (Å²) in [5.74, 6) is -3.57. The Kier molecular flexibility index (Phi) is 6.14. The molecule has 1 unspecified atom stereocenters. The fraction of sp³-hybridized carbons (Fsp3) is 0.417. The van der Waals surface area contributed by atoms with Gasteiger partial charge in [0.25, 0.3) is 0 Å². The van der Waals surface area contributed by atoms with Gasteiger partial charge in [0.15, 0.2) is 11.6 Å². The average molecular weight is 341 g/mol. The van der Waals surface area contributed by atoms with E-state index in [1.54, 1.807) is 6.92 Å². The van der Waals surface area contributed by atoms with Crippen LogP contribution in [0.25, 0.3) is 0 Å². The molecule has 0 aliphatic carbocycles. The van der Waals surface area contributed by atoms with Crippen LogP contribution in [0.15, 0.2) is 16.6 Å². The average Bonchev–Trinajstić information content (AvgIpc) is 2.35. The van der Waals surface area contributed by atoms with E-state index in [2.05, 4.69) is 20.7 Å². The molecule has 0 fully saturated rings. The zero-order chi connectivity index (χ0) is 14.4. The normalized spacial score (nSPS) is 12.1. The lowest BCUT2D eigenvalue weighted by molar-refractivity contribution is -0.149. The topological polar surface area (TPSA) is 35.5 Å². The van der Waals surface area contributed by atoms with Crippen LogP contribution in [0.4, 0.5) is 13.2 Å². The van der Waals surface area contributed by atoms with Crippen LogP contribution in [0.2, 0.25) is 0 Å². The SMILES string of the molecule is CCOC(=O)C(F)CCOc1cc(Br)cc(F)c1F. The van der Waals surface area contributed by atoms with E-state index in [0.29, 0.717) is 4.47 Å². The fourth-order valence-corrected chi connectivity index (χ4v) is 1.67. The van der Waals surface area contributed by atoms with E-state index in [-0.39, 0.29) is 25.4 Å². The molecule has 0 aliphatic heterocycles. The van der Waals surface area contributed by atoms with Crippen molar-refractivity contribution in [3.8, 4) is 5.75 Å². The van der Waals surface area contributed by atoms with E-state index in [9.17, 15) is 18.0 Å². The molecule has 19 heavy (non-hydrogen) atoms. The minimum absolute atomic E-state index is 0.0750. The maximum atomic E-state index is 13.3. The van der Waals surface area contributed by atoms with Crippen LogP contribution >= 0.6 is 15.9 Å². The van der Waals surface area contributed by atoms with Crippen LogP contribution in [0.5, 0.6) is 5.75 Å². The summed E-state index contributed by atoms with van der Waals surface area (Å²) in [6.07, 6.45) is -2.15. The molecule has 1 aromatic rings. The zero-order valence-corrected chi connectivity index (χ0v) is 11.7.